The van der Waals surface area contributed by atoms with Crippen LogP contribution in [0.5, 0.6) is 0 Å². The number of hydrogen-bond acceptors (Lipinski definition) is 3. The Morgan fingerprint density at radius 2 is 2.44 bits per heavy atom. The molecule has 0 aliphatic heterocycles. The van der Waals surface area contributed by atoms with Crippen LogP contribution in [0.1, 0.15) is 51.0 Å². The Labute approximate surface area is 102 Å². The normalized spacial score (nSPS) is 29.8. The highest BCUT2D eigenvalue weighted by Crippen LogP contribution is 2.43. The molecule has 1 aliphatic carbocycles. The zero-order valence-corrected chi connectivity index (χ0v) is 11.1. The van der Waals surface area contributed by atoms with Crippen molar-refractivity contribution in [2.45, 2.75) is 51.5 Å². The molecule has 1 aliphatic rings. The molecular weight excluding hydrogens is 216 g/mol. The number of hydrogen-bond donors (Lipinski definition) is 1. The molecule has 1 saturated carbocycles. The SMILES string of the molecule is CCCNC1(c2nccs2)CCC(CC)C1. The highest BCUT2D eigenvalue weighted by molar-refractivity contribution is 7.09. The zero-order chi connectivity index (χ0) is 11.4. The van der Waals surface area contributed by atoms with E-state index in [1.807, 2.05) is 17.5 Å². The molecule has 2 atom stereocenters. The van der Waals surface area contributed by atoms with Gasteiger partial charge in [-0.3, -0.25) is 0 Å². The first-order chi connectivity index (χ1) is 7.80. The van der Waals surface area contributed by atoms with Crippen LogP contribution in [0.4, 0.5) is 0 Å². The first kappa shape index (κ1) is 12.1. The van der Waals surface area contributed by atoms with Gasteiger partial charge in [-0.1, -0.05) is 20.3 Å². The fourth-order valence-corrected chi connectivity index (χ4v) is 3.61. The summed E-state index contributed by atoms with van der Waals surface area (Å²) in [6.45, 7) is 5.65. The van der Waals surface area contributed by atoms with Crippen LogP contribution in [-0.4, -0.2) is 11.5 Å². The summed E-state index contributed by atoms with van der Waals surface area (Å²) in [6, 6.07) is 0. The van der Waals surface area contributed by atoms with Crippen LogP contribution in [0.25, 0.3) is 0 Å². The predicted molar refractivity (Wildman–Crippen MR) is 69.7 cm³/mol. The Balaban J connectivity index is 2.14. The molecule has 0 aromatic carbocycles. The maximum Gasteiger partial charge on any atom is 0.113 e. The van der Waals surface area contributed by atoms with Crippen molar-refractivity contribution in [2.24, 2.45) is 5.92 Å². The predicted octanol–water partition coefficient (Wildman–Crippen LogP) is 3.55. The molecule has 1 fully saturated rings. The van der Waals surface area contributed by atoms with Gasteiger partial charge < -0.3 is 5.32 Å². The van der Waals surface area contributed by atoms with Crippen molar-refractivity contribution in [2.75, 3.05) is 6.54 Å². The third-order valence-corrected chi connectivity index (χ3v) is 4.73. The lowest BCUT2D eigenvalue weighted by atomic mass is 9.95. The molecule has 0 bridgehead atoms. The van der Waals surface area contributed by atoms with Gasteiger partial charge in [-0.15, -0.1) is 11.3 Å². The summed E-state index contributed by atoms with van der Waals surface area (Å²) >= 11 is 1.81. The largest absolute Gasteiger partial charge is 0.305 e. The van der Waals surface area contributed by atoms with Crippen LogP contribution in [0.3, 0.4) is 0 Å². The molecule has 1 N–H and O–H groups in total. The Bertz CT molecular complexity index is 310. The van der Waals surface area contributed by atoms with Crippen LogP contribution < -0.4 is 5.32 Å². The molecule has 2 rings (SSSR count). The van der Waals surface area contributed by atoms with Crippen molar-refractivity contribution < 1.29 is 0 Å². The minimum absolute atomic E-state index is 0.199. The van der Waals surface area contributed by atoms with Crippen LogP contribution in [0.15, 0.2) is 11.6 Å². The summed E-state index contributed by atoms with van der Waals surface area (Å²) in [4.78, 5) is 4.55. The molecule has 1 aromatic rings. The zero-order valence-electron chi connectivity index (χ0n) is 10.3. The van der Waals surface area contributed by atoms with Gasteiger partial charge in [-0.2, -0.15) is 0 Å². The Hall–Kier alpha value is -0.410. The van der Waals surface area contributed by atoms with E-state index < -0.39 is 0 Å². The highest BCUT2D eigenvalue weighted by atomic mass is 32.1. The molecule has 90 valence electrons. The van der Waals surface area contributed by atoms with E-state index >= 15 is 0 Å². The molecule has 2 nitrogen and oxygen atoms in total. The Morgan fingerprint density at radius 3 is 3.00 bits per heavy atom. The molecule has 1 aromatic heterocycles. The first-order valence-corrected chi connectivity index (χ1v) is 7.33. The summed E-state index contributed by atoms with van der Waals surface area (Å²) in [7, 11) is 0. The third kappa shape index (κ3) is 2.30. The first-order valence-electron chi connectivity index (χ1n) is 6.45. The van der Waals surface area contributed by atoms with E-state index in [0.717, 1.165) is 12.5 Å². The molecule has 0 spiro atoms. The Morgan fingerprint density at radius 1 is 1.56 bits per heavy atom. The van der Waals surface area contributed by atoms with Crippen LogP contribution in [0.2, 0.25) is 0 Å². The summed E-state index contributed by atoms with van der Waals surface area (Å²) in [5, 5.41) is 7.16. The minimum atomic E-state index is 0.199. The summed E-state index contributed by atoms with van der Waals surface area (Å²) in [6.07, 6.45) is 8.34. The molecule has 0 amide bonds. The van der Waals surface area contributed by atoms with Crippen molar-refractivity contribution >= 4 is 11.3 Å². The summed E-state index contributed by atoms with van der Waals surface area (Å²) in [5.74, 6) is 0.883. The van der Waals surface area contributed by atoms with Crippen LogP contribution >= 0.6 is 11.3 Å². The molecule has 0 saturated heterocycles. The van der Waals surface area contributed by atoms with Crippen molar-refractivity contribution in [3.63, 3.8) is 0 Å². The summed E-state index contributed by atoms with van der Waals surface area (Å²) in [5.41, 5.74) is 0.199. The Kier molecular flexibility index (Phi) is 3.98. The standard InChI is InChI=1S/C13H22N2S/c1-3-7-15-13(12-14-8-9-16-12)6-5-11(4-2)10-13/h8-9,11,15H,3-7,10H2,1-2H3. The topological polar surface area (TPSA) is 24.9 Å². The second-order valence-corrected chi connectivity index (χ2v) is 5.76. The second kappa shape index (κ2) is 5.28. The quantitative estimate of drug-likeness (QED) is 0.848. The average Bonchev–Trinajstić information content (AvgIpc) is 2.96. The van der Waals surface area contributed by atoms with Crippen LogP contribution in [-0.2, 0) is 5.54 Å². The lowest BCUT2D eigenvalue weighted by Crippen LogP contribution is -2.40. The number of aromatic nitrogens is 1. The maximum absolute atomic E-state index is 4.55. The molecule has 3 heteroatoms. The van der Waals surface area contributed by atoms with E-state index in [-0.39, 0.29) is 5.54 Å². The monoisotopic (exact) mass is 238 g/mol. The minimum Gasteiger partial charge on any atom is -0.305 e. The van der Waals surface area contributed by atoms with E-state index in [9.17, 15) is 0 Å². The van der Waals surface area contributed by atoms with Crippen LogP contribution in [0, 0.1) is 5.92 Å². The lowest BCUT2D eigenvalue weighted by Gasteiger charge is -2.28. The van der Waals surface area contributed by atoms with Gasteiger partial charge in [0.1, 0.15) is 5.01 Å². The van der Waals surface area contributed by atoms with Gasteiger partial charge in [0.05, 0.1) is 5.54 Å². The van der Waals surface area contributed by atoms with Gasteiger partial charge >= 0.3 is 0 Å². The number of nitrogens with zero attached hydrogens (tertiary/aromatic N) is 1. The fourth-order valence-electron chi connectivity index (χ4n) is 2.75. The van der Waals surface area contributed by atoms with Gasteiger partial charge in [0, 0.05) is 11.6 Å². The third-order valence-electron chi connectivity index (χ3n) is 3.75. The maximum atomic E-state index is 4.55. The van der Waals surface area contributed by atoms with Gasteiger partial charge in [-0.25, -0.2) is 4.98 Å². The van der Waals surface area contributed by atoms with Gasteiger partial charge in [0.25, 0.3) is 0 Å². The molecule has 16 heavy (non-hydrogen) atoms. The number of thiazole rings is 1. The average molecular weight is 238 g/mol. The molecule has 0 radical (unpaired) electrons. The van der Waals surface area contributed by atoms with Crippen molar-refractivity contribution in [3.05, 3.63) is 16.6 Å². The lowest BCUT2D eigenvalue weighted by molar-refractivity contribution is 0.325. The fraction of sp³-hybridized carbons (Fsp3) is 0.769. The van der Waals surface area contributed by atoms with E-state index in [1.165, 1.54) is 37.1 Å². The van der Waals surface area contributed by atoms with E-state index in [0.29, 0.717) is 0 Å². The van der Waals surface area contributed by atoms with E-state index in [4.69, 9.17) is 0 Å². The second-order valence-electron chi connectivity index (χ2n) is 4.86. The number of nitrogens with one attached hydrogen (secondary N) is 1. The van der Waals surface area contributed by atoms with Crippen molar-refractivity contribution in [1.82, 2.24) is 10.3 Å². The van der Waals surface area contributed by atoms with Gasteiger partial charge in [-0.05, 0) is 38.1 Å². The van der Waals surface area contributed by atoms with E-state index in [2.05, 4.69) is 29.5 Å². The van der Waals surface area contributed by atoms with E-state index in [1.54, 1.807) is 0 Å². The van der Waals surface area contributed by atoms with Crippen molar-refractivity contribution in [3.8, 4) is 0 Å². The van der Waals surface area contributed by atoms with Gasteiger partial charge in [0.2, 0.25) is 0 Å². The highest BCUT2D eigenvalue weighted by Gasteiger charge is 2.41. The summed E-state index contributed by atoms with van der Waals surface area (Å²) < 4.78 is 0. The molecule has 1 heterocycles. The number of rotatable bonds is 5. The smallest absolute Gasteiger partial charge is 0.113 e. The van der Waals surface area contributed by atoms with Gasteiger partial charge in [0.15, 0.2) is 0 Å². The molecule has 2 unspecified atom stereocenters. The molecular formula is C13H22N2S. The van der Waals surface area contributed by atoms with Crippen molar-refractivity contribution in [1.29, 1.82) is 0 Å².